The van der Waals surface area contributed by atoms with E-state index in [9.17, 15) is 9.59 Å². The van der Waals surface area contributed by atoms with Crippen LogP contribution in [0.5, 0.6) is 0 Å². The first-order chi connectivity index (χ1) is 13.5. The van der Waals surface area contributed by atoms with E-state index < -0.39 is 5.97 Å². The number of thioether (sulfide) groups is 1. The summed E-state index contributed by atoms with van der Waals surface area (Å²) in [5.74, 6) is -0.161. The van der Waals surface area contributed by atoms with Crippen molar-refractivity contribution in [2.75, 3.05) is 18.2 Å². The van der Waals surface area contributed by atoms with Crippen molar-refractivity contribution in [3.63, 3.8) is 0 Å². The molecule has 1 heterocycles. The van der Waals surface area contributed by atoms with Crippen molar-refractivity contribution < 1.29 is 14.3 Å². The Labute approximate surface area is 174 Å². The molecule has 2 N–H and O–H groups in total. The lowest BCUT2D eigenvalue weighted by molar-refractivity contribution is -0.113. The Hall–Kier alpha value is -2.55. The highest BCUT2D eigenvalue weighted by molar-refractivity contribution is 7.99. The number of nitrogens with one attached hydrogen (secondary N) is 2. The predicted octanol–water partition coefficient (Wildman–Crippen LogP) is 4.30. The number of hydrogen-bond acceptors (Lipinski definition) is 6. The molecule has 1 amide bonds. The van der Waals surface area contributed by atoms with Crippen LogP contribution in [0, 0.1) is 0 Å². The highest BCUT2D eigenvalue weighted by atomic mass is 35.5. The molecule has 144 valence electrons. The number of nitrogens with zero attached hydrogens (tertiary/aromatic N) is 2. The molecule has 10 heteroatoms. The van der Waals surface area contributed by atoms with E-state index in [0.717, 1.165) is 11.8 Å². The van der Waals surface area contributed by atoms with Crippen LogP contribution in [-0.2, 0) is 9.53 Å². The number of methoxy groups -OCH3 is 1. The summed E-state index contributed by atoms with van der Waals surface area (Å²) < 4.78 is 4.66. The van der Waals surface area contributed by atoms with Gasteiger partial charge in [0.15, 0.2) is 5.82 Å². The van der Waals surface area contributed by atoms with Gasteiger partial charge in [-0.25, -0.2) is 9.78 Å². The Kier molecular flexibility index (Phi) is 6.56. The number of aromatic nitrogens is 3. The van der Waals surface area contributed by atoms with Crippen LogP contribution in [0.15, 0.2) is 47.6 Å². The lowest BCUT2D eigenvalue weighted by Crippen LogP contribution is -2.14. The minimum Gasteiger partial charge on any atom is -0.465 e. The summed E-state index contributed by atoms with van der Waals surface area (Å²) in [5.41, 5.74) is 1.51. The van der Waals surface area contributed by atoms with Crippen molar-refractivity contribution in [3.05, 3.63) is 58.1 Å². The quantitative estimate of drug-likeness (QED) is 0.441. The summed E-state index contributed by atoms with van der Waals surface area (Å²) in [4.78, 5) is 28.0. The molecular weight excluding hydrogens is 423 g/mol. The van der Waals surface area contributed by atoms with Gasteiger partial charge in [0.25, 0.3) is 0 Å². The maximum atomic E-state index is 12.2. The van der Waals surface area contributed by atoms with Crippen LogP contribution in [-0.4, -0.2) is 39.9 Å². The second kappa shape index (κ2) is 9.09. The van der Waals surface area contributed by atoms with Gasteiger partial charge in [0.05, 0.1) is 23.4 Å². The van der Waals surface area contributed by atoms with E-state index >= 15 is 0 Å². The molecule has 0 aliphatic rings. The average Bonchev–Trinajstić information content (AvgIpc) is 3.14. The molecule has 0 radical (unpaired) electrons. The standard InChI is InChI=1S/C18H14Cl2N4O3S/c1-27-17(26)10-3-2-4-12(7-10)21-15(25)9-28-18-22-16(23-24-18)13-6-5-11(19)8-14(13)20/h2-8H,9H2,1H3,(H,21,25)(H,22,23,24). The summed E-state index contributed by atoms with van der Waals surface area (Å²) in [6.07, 6.45) is 0. The zero-order valence-corrected chi connectivity index (χ0v) is 16.9. The van der Waals surface area contributed by atoms with E-state index in [-0.39, 0.29) is 11.7 Å². The van der Waals surface area contributed by atoms with Crippen LogP contribution in [0.3, 0.4) is 0 Å². The molecule has 0 fully saturated rings. The largest absolute Gasteiger partial charge is 0.465 e. The van der Waals surface area contributed by atoms with Gasteiger partial charge in [-0.2, -0.15) is 0 Å². The lowest BCUT2D eigenvalue weighted by Gasteiger charge is -2.06. The topological polar surface area (TPSA) is 97.0 Å². The van der Waals surface area contributed by atoms with Gasteiger partial charge in [-0.3, -0.25) is 9.89 Å². The number of amides is 1. The lowest BCUT2D eigenvalue weighted by atomic mass is 10.2. The molecule has 0 unspecified atom stereocenters. The Morgan fingerprint density at radius 1 is 1.21 bits per heavy atom. The van der Waals surface area contributed by atoms with Gasteiger partial charge in [0, 0.05) is 16.3 Å². The Balaban J connectivity index is 1.60. The molecule has 0 spiro atoms. The van der Waals surface area contributed by atoms with Gasteiger partial charge in [0.2, 0.25) is 11.1 Å². The minimum absolute atomic E-state index is 0.0914. The van der Waals surface area contributed by atoms with Gasteiger partial charge >= 0.3 is 5.97 Å². The number of anilines is 1. The first-order valence-electron chi connectivity index (χ1n) is 7.95. The number of benzene rings is 2. The van der Waals surface area contributed by atoms with Crippen molar-refractivity contribution in [2.45, 2.75) is 5.16 Å². The van der Waals surface area contributed by atoms with Gasteiger partial charge in [-0.05, 0) is 36.4 Å². The number of aromatic amines is 1. The van der Waals surface area contributed by atoms with E-state index in [1.54, 1.807) is 42.5 Å². The molecule has 3 rings (SSSR count). The van der Waals surface area contributed by atoms with Crippen LogP contribution in [0.25, 0.3) is 11.4 Å². The third-order valence-corrected chi connectivity index (χ3v) is 4.95. The smallest absolute Gasteiger partial charge is 0.337 e. The molecule has 7 nitrogen and oxygen atoms in total. The third-order valence-electron chi connectivity index (χ3n) is 3.55. The second-order valence-corrected chi connectivity index (χ2v) is 7.29. The van der Waals surface area contributed by atoms with Crippen LogP contribution < -0.4 is 5.32 Å². The zero-order valence-electron chi connectivity index (χ0n) is 14.5. The number of carbonyl (C=O) groups excluding carboxylic acids is 2. The fourth-order valence-electron chi connectivity index (χ4n) is 2.28. The van der Waals surface area contributed by atoms with E-state index in [0.29, 0.717) is 37.8 Å². The van der Waals surface area contributed by atoms with Crippen molar-refractivity contribution in [2.24, 2.45) is 0 Å². The monoisotopic (exact) mass is 436 g/mol. The summed E-state index contributed by atoms with van der Waals surface area (Å²) in [6.45, 7) is 0. The number of esters is 1. The van der Waals surface area contributed by atoms with Crippen LogP contribution in [0.1, 0.15) is 10.4 Å². The summed E-state index contributed by atoms with van der Waals surface area (Å²) in [6, 6.07) is 11.5. The number of halogens is 2. The average molecular weight is 437 g/mol. The van der Waals surface area contributed by atoms with Gasteiger partial charge < -0.3 is 10.1 Å². The fourth-order valence-corrected chi connectivity index (χ4v) is 3.38. The van der Waals surface area contributed by atoms with Gasteiger partial charge in [-0.15, -0.1) is 5.10 Å². The second-order valence-electron chi connectivity index (χ2n) is 5.50. The van der Waals surface area contributed by atoms with Crippen LogP contribution in [0.4, 0.5) is 5.69 Å². The SMILES string of the molecule is COC(=O)c1cccc(NC(=O)CSc2n[nH]c(-c3ccc(Cl)cc3Cl)n2)c1. The summed E-state index contributed by atoms with van der Waals surface area (Å²) in [5, 5.41) is 11.0. The first-order valence-corrected chi connectivity index (χ1v) is 9.69. The van der Waals surface area contributed by atoms with Gasteiger partial charge in [-0.1, -0.05) is 41.0 Å². The maximum Gasteiger partial charge on any atom is 0.337 e. The molecule has 0 aliphatic heterocycles. The first kappa shape index (κ1) is 20.2. The molecule has 0 saturated heterocycles. The molecule has 0 saturated carbocycles. The van der Waals surface area contributed by atoms with Crippen molar-refractivity contribution in [1.29, 1.82) is 0 Å². The van der Waals surface area contributed by atoms with Crippen LogP contribution in [0.2, 0.25) is 10.0 Å². The number of rotatable bonds is 6. The normalized spacial score (nSPS) is 10.5. The van der Waals surface area contributed by atoms with Gasteiger partial charge in [0.1, 0.15) is 0 Å². The fraction of sp³-hybridized carbons (Fsp3) is 0.111. The molecule has 0 atom stereocenters. The molecule has 2 aromatic carbocycles. The maximum absolute atomic E-state index is 12.2. The van der Waals surface area contributed by atoms with Crippen molar-refractivity contribution in [3.8, 4) is 11.4 Å². The zero-order chi connectivity index (χ0) is 20.1. The molecule has 0 bridgehead atoms. The van der Waals surface area contributed by atoms with E-state index in [2.05, 4.69) is 25.2 Å². The molecule has 28 heavy (non-hydrogen) atoms. The van der Waals surface area contributed by atoms with Crippen molar-refractivity contribution >= 4 is 52.5 Å². The summed E-state index contributed by atoms with van der Waals surface area (Å²) >= 11 is 13.2. The third kappa shape index (κ3) is 5.03. The number of carbonyl (C=O) groups is 2. The van der Waals surface area contributed by atoms with E-state index in [1.165, 1.54) is 7.11 Å². The Morgan fingerprint density at radius 3 is 2.79 bits per heavy atom. The number of hydrogen-bond donors (Lipinski definition) is 2. The van der Waals surface area contributed by atoms with E-state index in [1.807, 2.05) is 0 Å². The Bertz CT molecular complexity index is 1030. The number of ether oxygens (including phenoxy) is 1. The molecule has 0 aliphatic carbocycles. The van der Waals surface area contributed by atoms with E-state index in [4.69, 9.17) is 23.2 Å². The molecular formula is C18H14Cl2N4O3S. The minimum atomic E-state index is -0.473. The highest BCUT2D eigenvalue weighted by Gasteiger charge is 2.12. The number of H-pyrrole nitrogens is 1. The predicted molar refractivity (Wildman–Crippen MR) is 109 cm³/mol. The molecule has 1 aromatic heterocycles. The molecule has 3 aromatic rings. The van der Waals surface area contributed by atoms with Crippen molar-refractivity contribution in [1.82, 2.24) is 15.2 Å². The Morgan fingerprint density at radius 2 is 2.04 bits per heavy atom. The van der Waals surface area contributed by atoms with Crippen LogP contribution >= 0.6 is 35.0 Å². The highest BCUT2D eigenvalue weighted by Crippen LogP contribution is 2.29. The summed E-state index contributed by atoms with van der Waals surface area (Å²) in [7, 11) is 1.30.